The fourth-order valence-corrected chi connectivity index (χ4v) is 5.46. The van der Waals surface area contributed by atoms with Gasteiger partial charge in [-0.2, -0.15) is 0 Å². The van der Waals surface area contributed by atoms with E-state index in [0.29, 0.717) is 5.02 Å². The molecule has 0 unspecified atom stereocenters. The fraction of sp³-hybridized carbons (Fsp3) is 0.294. The normalized spacial score (nSPS) is 13.3. The van der Waals surface area contributed by atoms with Crippen molar-refractivity contribution in [2.75, 3.05) is 10.1 Å². The molecule has 2 rings (SSSR count). The Kier molecular flexibility index (Phi) is 7.61. The summed E-state index contributed by atoms with van der Waals surface area (Å²) in [6.45, 7) is 1.55. The Morgan fingerprint density at radius 3 is 2.14 bits per heavy atom. The highest BCUT2D eigenvalue weighted by molar-refractivity contribution is 8.13. The van der Waals surface area contributed by atoms with Crippen LogP contribution in [0.3, 0.4) is 0 Å². The molecule has 0 bridgehead atoms. The molecular formula is C17H17Cl3FNO4S2. The van der Waals surface area contributed by atoms with Crippen molar-refractivity contribution in [1.82, 2.24) is 0 Å². The second-order valence-corrected chi connectivity index (χ2v) is 11.7. The number of hydrogen-bond acceptors (Lipinski definition) is 4. The average Bonchev–Trinajstić information content (AvgIpc) is 2.57. The van der Waals surface area contributed by atoms with Gasteiger partial charge in [-0.05, 0) is 62.2 Å². The van der Waals surface area contributed by atoms with Crippen molar-refractivity contribution in [2.45, 2.75) is 30.7 Å². The van der Waals surface area contributed by atoms with Crippen LogP contribution in [0.15, 0.2) is 47.4 Å². The summed E-state index contributed by atoms with van der Waals surface area (Å²) in [5.41, 5.74) is -0.233. The minimum atomic E-state index is -4.18. The molecule has 154 valence electrons. The van der Waals surface area contributed by atoms with Gasteiger partial charge in [-0.1, -0.05) is 23.2 Å². The summed E-state index contributed by atoms with van der Waals surface area (Å²) in [6.07, 6.45) is 0.229. The molecule has 0 heterocycles. The number of rotatable bonds is 8. The zero-order valence-electron chi connectivity index (χ0n) is 14.6. The predicted molar refractivity (Wildman–Crippen MR) is 111 cm³/mol. The fourth-order valence-electron chi connectivity index (χ4n) is 2.65. The molecule has 0 aliphatic carbocycles. The van der Waals surface area contributed by atoms with E-state index in [1.807, 2.05) is 0 Å². The lowest BCUT2D eigenvalue weighted by Gasteiger charge is -2.31. The van der Waals surface area contributed by atoms with Gasteiger partial charge >= 0.3 is 0 Å². The summed E-state index contributed by atoms with van der Waals surface area (Å²) in [7, 11) is -2.69. The van der Waals surface area contributed by atoms with E-state index in [9.17, 15) is 21.2 Å². The Hall–Kier alpha value is -1.06. The summed E-state index contributed by atoms with van der Waals surface area (Å²) < 4.78 is 64.2. The SMILES string of the molecule is C[C@H](CCCS(=O)(=O)Cl)N(c1cc(Cl)ccc1F)S(=O)(=O)c1ccc(Cl)cc1. The molecule has 5 nitrogen and oxygen atoms in total. The topological polar surface area (TPSA) is 71.5 Å². The minimum Gasteiger partial charge on any atom is -0.261 e. The van der Waals surface area contributed by atoms with E-state index in [1.54, 1.807) is 6.92 Å². The van der Waals surface area contributed by atoms with Gasteiger partial charge in [-0.25, -0.2) is 21.2 Å². The first-order valence-corrected chi connectivity index (χ1v) is 12.8. The Morgan fingerprint density at radius 2 is 1.57 bits per heavy atom. The lowest BCUT2D eigenvalue weighted by molar-refractivity contribution is 0.558. The van der Waals surface area contributed by atoms with Crippen LogP contribution in [0.2, 0.25) is 10.0 Å². The van der Waals surface area contributed by atoms with Crippen molar-refractivity contribution in [3.63, 3.8) is 0 Å². The lowest BCUT2D eigenvalue weighted by atomic mass is 10.2. The highest BCUT2D eigenvalue weighted by atomic mass is 35.7. The van der Waals surface area contributed by atoms with Gasteiger partial charge in [-0.3, -0.25) is 4.31 Å². The van der Waals surface area contributed by atoms with E-state index < -0.39 is 30.9 Å². The van der Waals surface area contributed by atoms with Gasteiger partial charge < -0.3 is 0 Å². The van der Waals surface area contributed by atoms with E-state index in [2.05, 4.69) is 0 Å². The standard InChI is InChI=1S/C17H17Cl3FNO4S2/c1-12(3-2-10-27(20,23)24)22(17-11-14(19)6-9-16(17)21)28(25,26)15-7-4-13(18)5-8-15/h4-9,11-12H,2-3,10H2,1H3/t12-/m1/s1. The zero-order valence-corrected chi connectivity index (χ0v) is 18.5. The maximum Gasteiger partial charge on any atom is 0.264 e. The molecule has 2 aromatic carbocycles. The summed E-state index contributed by atoms with van der Waals surface area (Å²) in [5, 5.41) is 0.503. The molecule has 11 heteroatoms. The summed E-state index contributed by atoms with van der Waals surface area (Å²) >= 11 is 11.8. The van der Waals surface area contributed by atoms with Crippen molar-refractivity contribution < 1.29 is 21.2 Å². The number of nitrogens with zero attached hydrogens (tertiary/aromatic N) is 1. The second kappa shape index (κ2) is 9.17. The van der Waals surface area contributed by atoms with Crippen molar-refractivity contribution in [3.8, 4) is 0 Å². The smallest absolute Gasteiger partial charge is 0.261 e. The van der Waals surface area contributed by atoms with Gasteiger partial charge in [0, 0.05) is 26.8 Å². The van der Waals surface area contributed by atoms with E-state index in [-0.39, 0.29) is 34.2 Å². The molecule has 0 N–H and O–H groups in total. The first-order valence-electron chi connectivity index (χ1n) is 8.09. The predicted octanol–water partition coefficient (Wildman–Crippen LogP) is 5.07. The number of halogens is 4. The van der Waals surface area contributed by atoms with Crippen LogP contribution in [-0.4, -0.2) is 28.6 Å². The molecule has 0 fully saturated rings. The molecule has 0 spiro atoms. The van der Waals surface area contributed by atoms with Crippen LogP contribution in [-0.2, 0) is 19.1 Å². The summed E-state index contributed by atoms with van der Waals surface area (Å²) in [5.74, 6) is -1.11. The molecule has 0 aliphatic rings. The Labute approximate surface area is 178 Å². The van der Waals surface area contributed by atoms with E-state index >= 15 is 0 Å². The van der Waals surface area contributed by atoms with Crippen LogP contribution in [0, 0.1) is 5.82 Å². The third-order valence-corrected chi connectivity index (χ3v) is 7.60. The van der Waals surface area contributed by atoms with E-state index in [4.69, 9.17) is 33.9 Å². The van der Waals surface area contributed by atoms with Crippen molar-refractivity contribution >= 4 is 58.6 Å². The van der Waals surface area contributed by atoms with Gasteiger partial charge in [0.15, 0.2) is 0 Å². The Bertz CT molecular complexity index is 1040. The maximum atomic E-state index is 14.5. The van der Waals surface area contributed by atoms with Crippen molar-refractivity contribution in [2.24, 2.45) is 0 Å². The first kappa shape index (κ1) is 23.2. The summed E-state index contributed by atoms with van der Waals surface area (Å²) in [6, 6.07) is 8.24. The molecule has 0 amide bonds. The molecule has 0 aromatic heterocycles. The number of hydrogen-bond donors (Lipinski definition) is 0. The monoisotopic (exact) mass is 487 g/mol. The van der Waals surface area contributed by atoms with Crippen molar-refractivity contribution in [3.05, 3.63) is 58.3 Å². The van der Waals surface area contributed by atoms with Gasteiger partial charge in [-0.15, -0.1) is 0 Å². The molecule has 2 aromatic rings. The van der Waals surface area contributed by atoms with Gasteiger partial charge in [0.05, 0.1) is 16.3 Å². The Morgan fingerprint density at radius 1 is 1.00 bits per heavy atom. The van der Waals surface area contributed by atoms with Gasteiger partial charge in [0.2, 0.25) is 9.05 Å². The zero-order chi connectivity index (χ0) is 21.1. The molecule has 1 atom stereocenters. The van der Waals surface area contributed by atoms with Crippen LogP contribution in [0.1, 0.15) is 19.8 Å². The third-order valence-electron chi connectivity index (χ3n) is 3.93. The van der Waals surface area contributed by atoms with E-state index in [1.165, 1.54) is 36.4 Å². The van der Waals surface area contributed by atoms with Crippen LogP contribution >= 0.6 is 33.9 Å². The number of anilines is 1. The molecule has 0 saturated carbocycles. The van der Waals surface area contributed by atoms with Crippen molar-refractivity contribution in [1.29, 1.82) is 0 Å². The Balaban J connectivity index is 2.49. The molecule has 0 aliphatic heterocycles. The lowest BCUT2D eigenvalue weighted by Crippen LogP contribution is -2.39. The molecule has 28 heavy (non-hydrogen) atoms. The molecule has 0 radical (unpaired) electrons. The average molecular weight is 489 g/mol. The highest BCUT2D eigenvalue weighted by Crippen LogP contribution is 2.32. The van der Waals surface area contributed by atoms with Crippen LogP contribution in [0.5, 0.6) is 0 Å². The third kappa shape index (κ3) is 5.97. The maximum absolute atomic E-state index is 14.5. The minimum absolute atomic E-state index is 0.0897. The molecular weight excluding hydrogens is 472 g/mol. The summed E-state index contributed by atoms with van der Waals surface area (Å²) in [4.78, 5) is -0.0897. The van der Waals surface area contributed by atoms with Gasteiger partial charge in [0.1, 0.15) is 5.82 Å². The highest BCUT2D eigenvalue weighted by Gasteiger charge is 2.31. The van der Waals surface area contributed by atoms with Crippen LogP contribution in [0.25, 0.3) is 0 Å². The first-order chi connectivity index (χ1) is 12.9. The number of sulfonamides is 1. The largest absolute Gasteiger partial charge is 0.264 e. The quantitative estimate of drug-likeness (QED) is 0.487. The number of benzene rings is 2. The van der Waals surface area contributed by atoms with Gasteiger partial charge in [0.25, 0.3) is 10.0 Å². The molecule has 0 saturated heterocycles. The van der Waals surface area contributed by atoms with Crippen LogP contribution < -0.4 is 4.31 Å². The second-order valence-electron chi connectivity index (χ2n) is 6.08. The van der Waals surface area contributed by atoms with E-state index in [0.717, 1.165) is 10.4 Å². The van der Waals surface area contributed by atoms with Crippen LogP contribution in [0.4, 0.5) is 10.1 Å².